The Morgan fingerprint density at radius 3 is 2.23 bits per heavy atom. The highest BCUT2D eigenvalue weighted by molar-refractivity contribution is 6.03. The Labute approximate surface area is 227 Å². The predicted octanol–water partition coefficient (Wildman–Crippen LogP) is 5.52. The van der Waals surface area contributed by atoms with Crippen LogP contribution >= 0.6 is 0 Å². The molecule has 3 aromatic carbocycles. The molecule has 0 saturated heterocycles. The summed E-state index contributed by atoms with van der Waals surface area (Å²) < 4.78 is 11.0. The van der Waals surface area contributed by atoms with E-state index < -0.39 is 5.91 Å². The summed E-state index contributed by atoms with van der Waals surface area (Å²) in [4.78, 5) is 14.7. The molecule has 0 heterocycles. The first kappa shape index (κ1) is 28.4. The summed E-state index contributed by atoms with van der Waals surface area (Å²) in [6, 6.07) is 23.9. The van der Waals surface area contributed by atoms with Gasteiger partial charge in [-0.25, -0.2) is 5.43 Å². The number of para-hydroxylation sites is 1. The molecule has 39 heavy (non-hydrogen) atoms. The molecule has 0 aromatic heterocycles. The molecular weight excluding hydrogens is 494 g/mol. The van der Waals surface area contributed by atoms with E-state index >= 15 is 0 Å². The van der Waals surface area contributed by atoms with Crippen molar-refractivity contribution in [2.24, 2.45) is 15.3 Å². The maximum atomic E-state index is 12.8. The highest BCUT2D eigenvalue weighted by Gasteiger charge is 2.16. The molecular formula is C29H29N7O3. The first-order chi connectivity index (χ1) is 19.0. The third-order valence-corrected chi connectivity index (χ3v) is 5.69. The quantitative estimate of drug-likeness (QED) is 0.152. The standard InChI is InChI=1S/C29H29N7O3/c1-21-10-12-22(13-11-21)29(37)35-34-28(33-32-25-8-4-5-9-26(25)38-2)24-15-14-23(20-27(24)39-3)36(18-6-16-30)19-7-17-31/h4-5,8-15,20H,6-7,18-19H2,1-3H3,(H,35,37)/b33-32?,34-28-. The Hall–Kier alpha value is -5.22. The second-order valence-corrected chi connectivity index (χ2v) is 8.30. The van der Waals surface area contributed by atoms with Gasteiger partial charge in [0.05, 0.1) is 44.8 Å². The maximum absolute atomic E-state index is 12.8. The SMILES string of the molecule is COc1ccccc1N=N/C(=N\NC(=O)c1ccc(C)cc1)c1ccc(N(CCC#N)CCC#N)cc1OC. The van der Waals surface area contributed by atoms with E-state index in [-0.39, 0.29) is 5.84 Å². The molecule has 1 N–H and O–H groups in total. The molecule has 3 rings (SSSR count). The average Bonchev–Trinajstić information content (AvgIpc) is 2.97. The van der Waals surface area contributed by atoms with Crippen LogP contribution in [0.5, 0.6) is 11.5 Å². The number of hydrogen-bond donors (Lipinski definition) is 1. The molecule has 10 nitrogen and oxygen atoms in total. The van der Waals surface area contributed by atoms with Gasteiger partial charge in [-0.05, 0) is 43.3 Å². The summed E-state index contributed by atoms with van der Waals surface area (Å²) in [5, 5.41) is 31.0. The van der Waals surface area contributed by atoms with E-state index in [2.05, 4.69) is 32.9 Å². The fourth-order valence-corrected chi connectivity index (χ4v) is 3.62. The van der Waals surface area contributed by atoms with Gasteiger partial charge in [-0.3, -0.25) is 4.79 Å². The number of nitrogens with one attached hydrogen (secondary N) is 1. The molecule has 0 saturated carbocycles. The van der Waals surface area contributed by atoms with E-state index in [9.17, 15) is 4.79 Å². The predicted molar refractivity (Wildman–Crippen MR) is 148 cm³/mol. The van der Waals surface area contributed by atoms with Crippen LogP contribution in [0.3, 0.4) is 0 Å². The summed E-state index contributed by atoms with van der Waals surface area (Å²) in [5.41, 5.74) is 5.75. The zero-order valence-corrected chi connectivity index (χ0v) is 22.1. The monoisotopic (exact) mass is 523 g/mol. The summed E-state index contributed by atoms with van der Waals surface area (Å²) >= 11 is 0. The molecule has 10 heteroatoms. The number of anilines is 1. The summed E-state index contributed by atoms with van der Waals surface area (Å²) in [7, 11) is 3.05. The van der Waals surface area contributed by atoms with Crippen LogP contribution in [0.2, 0.25) is 0 Å². The van der Waals surface area contributed by atoms with Crippen molar-refractivity contribution in [3.63, 3.8) is 0 Å². The van der Waals surface area contributed by atoms with Crippen LogP contribution in [0.25, 0.3) is 0 Å². The number of carbonyl (C=O) groups is 1. The summed E-state index contributed by atoms with van der Waals surface area (Å²) in [6.07, 6.45) is 0.612. The Balaban J connectivity index is 2.02. The number of amides is 1. The van der Waals surface area contributed by atoms with Crippen molar-refractivity contribution >= 4 is 23.1 Å². The van der Waals surface area contributed by atoms with Gasteiger partial charge < -0.3 is 14.4 Å². The van der Waals surface area contributed by atoms with Crippen molar-refractivity contribution in [3.05, 3.63) is 83.4 Å². The van der Waals surface area contributed by atoms with Crippen LogP contribution in [0.15, 0.2) is 82.1 Å². The van der Waals surface area contributed by atoms with Crippen LogP contribution in [0, 0.1) is 29.6 Å². The number of benzene rings is 3. The van der Waals surface area contributed by atoms with Gasteiger partial charge in [-0.15, -0.1) is 15.3 Å². The molecule has 0 unspecified atom stereocenters. The number of methoxy groups -OCH3 is 2. The average molecular weight is 524 g/mol. The van der Waals surface area contributed by atoms with E-state index in [1.807, 2.05) is 36.1 Å². The van der Waals surface area contributed by atoms with Crippen molar-refractivity contribution in [3.8, 4) is 23.6 Å². The van der Waals surface area contributed by atoms with Crippen LogP contribution < -0.4 is 19.8 Å². The van der Waals surface area contributed by atoms with E-state index in [1.165, 1.54) is 14.2 Å². The Morgan fingerprint density at radius 1 is 0.923 bits per heavy atom. The molecule has 198 valence electrons. The lowest BCUT2D eigenvalue weighted by atomic mass is 10.1. The highest BCUT2D eigenvalue weighted by atomic mass is 16.5. The number of nitriles is 2. The largest absolute Gasteiger partial charge is 0.496 e. The zero-order chi connectivity index (χ0) is 28.0. The third kappa shape index (κ3) is 7.88. The normalized spacial score (nSPS) is 10.9. The van der Waals surface area contributed by atoms with Gasteiger partial charge in [0.25, 0.3) is 5.91 Å². The van der Waals surface area contributed by atoms with Crippen LogP contribution in [-0.2, 0) is 0 Å². The van der Waals surface area contributed by atoms with E-state index in [1.54, 1.807) is 42.5 Å². The first-order valence-corrected chi connectivity index (χ1v) is 12.2. The van der Waals surface area contributed by atoms with Crippen LogP contribution in [0.4, 0.5) is 11.4 Å². The molecule has 0 aliphatic rings. The second-order valence-electron chi connectivity index (χ2n) is 8.30. The molecule has 0 aliphatic carbocycles. The summed E-state index contributed by atoms with van der Waals surface area (Å²) in [5.74, 6) is 0.645. The number of nitrogens with zero attached hydrogens (tertiary/aromatic N) is 6. The molecule has 3 aromatic rings. The van der Waals surface area contributed by atoms with Gasteiger partial charge in [0.2, 0.25) is 5.84 Å². The number of hydrazone groups is 1. The smallest absolute Gasteiger partial charge is 0.271 e. The topological polar surface area (TPSA) is 135 Å². The van der Waals surface area contributed by atoms with Crippen LogP contribution in [0.1, 0.15) is 34.3 Å². The van der Waals surface area contributed by atoms with Gasteiger partial charge in [-0.1, -0.05) is 29.8 Å². The molecule has 0 spiro atoms. The number of carbonyl (C=O) groups excluding carboxylic acids is 1. The van der Waals surface area contributed by atoms with Gasteiger partial charge >= 0.3 is 0 Å². The van der Waals surface area contributed by atoms with Crippen molar-refractivity contribution < 1.29 is 14.3 Å². The van der Waals surface area contributed by atoms with Gasteiger partial charge in [-0.2, -0.15) is 10.5 Å². The third-order valence-electron chi connectivity index (χ3n) is 5.69. The second kappa shape index (κ2) is 14.5. The van der Waals surface area contributed by atoms with E-state index in [0.717, 1.165) is 11.3 Å². The number of amidine groups is 1. The number of aryl methyl sites for hydroxylation is 1. The lowest BCUT2D eigenvalue weighted by Crippen LogP contribution is -2.25. The van der Waals surface area contributed by atoms with Crippen molar-refractivity contribution in [1.29, 1.82) is 10.5 Å². The van der Waals surface area contributed by atoms with Gasteiger partial charge in [0.1, 0.15) is 17.2 Å². The number of azo groups is 1. The molecule has 0 fully saturated rings. The molecule has 0 atom stereocenters. The number of rotatable bonds is 11. The van der Waals surface area contributed by atoms with Gasteiger partial charge in [0, 0.05) is 30.4 Å². The van der Waals surface area contributed by atoms with Gasteiger partial charge in [0.15, 0.2) is 0 Å². The first-order valence-electron chi connectivity index (χ1n) is 12.2. The molecule has 0 radical (unpaired) electrons. The lowest BCUT2D eigenvalue weighted by Gasteiger charge is -2.23. The van der Waals surface area contributed by atoms with Crippen molar-refractivity contribution in [2.75, 3.05) is 32.2 Å². The zero-order valence-electron chi connectivity index (χ0n) is 22.1. The Kier molecular flexibility index (Phi) is 10.5. The fourth-order valence-electron chi connectivity index (χ4n) is 3.62. The minimum Gasteiger partial charge on any atom is -0.496 e. The number of ether oxygens (including phenoxy) is 2. The number of hydrogen-bond acceptors (Lipinski definition) is 8. The molecule has 0 aliphatic heterocycles. The lowest BCUT2D eigenvalue weighted by molar-refractivity contribution is 0.0954. The Bertz CT molecular complexity index is 1400. The minimum atomic E-state index is -0.408. The highest BCUT2D eigenvalue weighted by Crippen LogP contribution is 2.30. The Morgan fingerprint density at radius 2 is 1.59 bits per heavy atom. The van der Waals surface area contributed by atoms with Crippen LogP contribution in [-0.4, -0.2) is 39.1 Å². The van der Waals surface area contributed by atoms with E-state index in [4.69, 9.17) is 20.0 Å². The fraction of sp³-hybridized carbons (Fsp3) is 0.241. The van der Waals surface area contributed by atoms with Crippen molar-refractivity contribution in [1.82, 2.24) is 5.43 Å². The van der Waals surface area contributed by atoms with E-state index in [0.29, 0.717) is 54.2 Å². The molecule has 1 amide bonds. The molecule has 0 bridgehead atoms. The van der Waals surface area contributed by atoms with Crippen molar-refractivity contribution in [2.45, 2.75) is 19.8 Å². The maximum Gasteiger partial charge on any atom is 0.271 e. The minimum absolute atomic E-state index is 0.102. The summed E-state index contributed by atoms with van der Waals surface area (Å²) in [6.45, 7) is 2.86.